The first-order valence-electron chi connectivity index (χ1n) is 5.13. The van der Waals surface area contributed by atoms with Gasteiger partial charge in [-0.3, -0.25) is 14.9 Å². The van der Waals surface area contributed by atoms with Crippen LogP contribution in [0, 0.1) is 10.1 Å². The van der Waals surface area contributed by atoms with Crippen molar-refractivity contribution in [2.45, 2.75) is 13.0 Å². The zero-order valence-electron chi connectivity index (χ0n) is 9.42. The number of rotatable bonds is 6. The van der Waals surface area contributed by atoms with Crippen LogP contribution in [0.1, 0.15) is 18.6 Å². The van der Waals surface area contributed by atoms with Crippen molar-refractivity contribution in [3.05, 3.63) is 39.9 Å². The van der Waals surface area contributed by atoms with E-state index in [1.807, 2.05) is 0 Å². The zero-order chi connectivity index (χ0) is 12.8. The minimum Gasteiger partial charge on any atom is -0.387 e. The first-order chi connectivity index (χ1) is 8.00. The maximum Gasteiger partial charge on any atom is 0.269 e. The summed E-state index contributed by atoms with van der Waals surface area (Å²) < 4.78 is 0. The van der Waals surface area contributed by atoms with Crippen LogP contribution in [-0.2, 0) is 4.79 Å². The Morgan fingerprint density at radius 1 is 1.59 bits per heavy atom. The van der Waals surface area contributed by atoms with Gasteiger partial charge >= 0.3 is 0 Å². The third-order valence-electron chi connectivity index (χ3n) is 2.18. The van der Waals surface area contributed by atoms with Crippen LogP contribution in [0.15, 0.2) is 24.3 Å². The van der Waals surface area contributed by atoms with Crippen LogP contribution in [0.3, 0.4) is 0 Å². The molecule has 0 aliphatic heterocycles. The molecule has 1 aromatic rings. The molecule has 0 spiro atoms. The van der Waals surface area contributed by atoms with Gasteiger partial charge in [-0.05, 0) is 12.5 Å². The molecule has 1 atom stereocenters. The first-order valence-corrected chi connectivity index (χ1v) is 5.13. The molecule has 0 heterocycles. The summed E-state index contributed by atoms with van der Waals surface area (Å²) in [6.07, 6.45) is -0.866. The standard InChI is InChI=1S/C11H14N2O4/c1-8(14)6-12-7-11(15)9-3-2-4-10(5-9)13(16)17/h2-5,11-12,15H,6-7H2,1H3. The Balaban J connectivity index is 2.62. The van der Waals surface area contributed by atoms with Gasteiger partial charge in [0.25, 0.3) is 5.69 Å². The van der Waals surface area contributed by atoms with Crippen LogP contribution in [0.25, 0.3) is 0 Å². The molecule has 0 saturated carbocycles. The van der Waals surface area contributed by atoms with Gasteiger partial charge in [0.15, 0.2) is 0 Å². The second-order valence-corrected chi connectivity index (χ2v) is 3.70. The van der Waals surface area contributed by atoms with Crippen LogP contribution >= 0.6 is 0 Å². The van der Waals surface area contributed by atoms with Gasteiger partial charge in [-0.2, -0.15) is 0 Å². The Labute approximate surface area is 98.4 Å². The van der Waals surface area contributed by atoms with E-state index in [2.05, 4.69) is 5.32 Å². The van der Waals surface area contributed by atoms with E-state index in [0.29, 0.717) is 5.56 Å². The van der Waals surface area contributed by atoms with Gasteiger partial charge in [0, 0.05) is 18.7 Å². The van der Waals surface area contributed by atoms with Crippen LogP contribution < -0.4 is 5.32 Å². The number of hydrogen-bond acceptors (Lipinski definition) is 5. The van der Waals surface area contributed by atoms with Crippen LogP contribution in [-0.4, -0.2) is 28.9 Å². The van der Waals surface area contributed by atoms with Crippen LogP contribution in [0.4, 0.5) is 5.69 Å². The number of aliphatic hydroxyl groups excluding tert-OH is 1. The van der Waals surface area contributed by atoms with Crippen LogP contribution in [0.5, 0.6) is 0 Å². The Morgan fingerprint density at radius 2 is 2.29 bits per heavy atom. The number of ketones is 1. The summed E-state index contributed by atoms with van der Waals surface area (Å²) in [5, 5.41) is 23.0. The molecule has 2 N–H and O–H groups in total. The molecule has 17 heavy (non-hydrogen) atoms. The van der Waals surface area contributed by atoms with Crippen molar-refractivity contribution in [2.75, 3.05) is 13.1 Å². The second kappa shape index (κ2) is 6.07. The summed E-state index contributed by atoms with van der Waals surface area (Å²) in [7, 11) is 0. The fourth-order valence-electron chi connectivity index (χ4n) is 1.35. The fraction of sp³-hybridized carbons (Fsp3) is 0.364. The minimum absolute atomic E-state index is 0.0313. The van der Waals surface area contributed by atoms with E-state index in [9.17, 15) is 20.0 Å². The lowest BCUT2D eigenvalue weighted by Gasteiger charge is -2.11. The molecule has 0 bridgehead atoms. The van der Waals surface area contributed by atoms with Gasteiger partial charge in [0.05, 0.1) is 17.6 Å². The number of nitro benzene ring substituents is 1. The number of non-ortho nitro benzene ring substituents is 1. The first kappa shape index (κ1) is 13.3. The number of carbonyl (C=O) groups is 1. The Kier molecular flexibility index (Phi) is 4.74. The average Bonchev–Trinajstić information content (AvgIpc) is 2.28. The monoisotopic (exact) mass is 238 g/mol. The number of Topliss-reactive ketones (excluding diaryl/α,β-unsaturated/α-hetero) is 1. The Morgan fingerprint density at radius 3 is 2.88 bits per heavy atom. The summed E-state index contributed by atoms with van der Waals surface area (Å²) in [5.41, 5.74) is 0.392. The average molecular weight is 238 g/mol. The molecule has 0 aromatic heterocycles. The summed E-state index contributed by atoms with van der Waals surface area (Å²) >= 11 is 0. The SMILES string of the molecule is CC(=O)CNCC(O)c1cccc([N+](=O)[O-])c1. The number of nitrogens with zero attached hydrogens (tertiary/aromatic N) is 1. The number of nitro groups is 1. The van der Waals surface area contributed by atoms with Crippen molar-refractivity contribution in [1.82, 2.24) is 5.32 Å². The highest BCUT2D eigenvalue weighted by Gasteiger charge is 2.12. The molecule has 6 heteroatoms. The molecule has 0 fully saturated rings. The summed E-state index contributed by atoms with van der Waals surface area (Å²) in [4.78, 5) is 20.7. The van der Waals surface area contributed by atoms with Crippen LogP contribution in [0.2, 0.25) is 0 Å². The van der Waals surface area contributed by atoms with Gasteiger partial charge in [-0.25, -0.2) is 0 Å². The van der Waals surface area contributed by atoms with Gasteiger partial charge in [-0.1, -0.05) is 12.1 Å². The molecule has 0 saturated heterocycles. The summed E-state index contributed by atoms with van der Waals surface area (Å²) in [6, 6.07) is 5.80. The molecule has 6 nitrogen and oxygen atoms in total. The van der Waals surface area contributed by atoms with Gasteiger partial charge < -0.3 is 10.4 Å². The quantitative estimate of drug-likeness (QED) is 0.565. The normalized spacial score (nSPS) is 12.1. The van der Waals surface area contributed by atoms with Gasteiger partial charge in [-0.15, -0.1) is 0 Å². The lowest BCUT2D eigenvalue weighted by Crippen LogP contribution is -2.26. The van der Waals surface area contributed by atoms with E-state index in [0.717, 1.165) is 0 Å². The highest BCUT2D eigenvalue weighted by molar-refractivity contribution is 5.77. The predicted octanol–water partition coefficient (Wildman–Crippen LogP) is 0.807. The topological polar surface area (TPSA) is 92.5 Å². The summed E-state index contributed by atoms with van der Waals surface area (Å²) in [5.74, 6) is -0.0313. The number of aliphatic hydroxyl groups is 1. The van der Waals surface area contributed by atoms with Crippen molar-refractivity contribution in [1.29, 1.82) is 0 Å². The molecule has 1 unspecified atom stereocenters. The number of hydrogen-bond donors (Lipinski definition) is 2. The number of benzene rings is 1. The number of nitrogens with one attached hydrogen (secondary N) is 1. The van der Waals surface area contributed by atoms with Crippen molar-refractivity contribution in [2.24, 2.45) is 0 Å². The lowest BCUT2D eigenvalue weighted by atomic mass is 10.1. The lowest BCUT2D eigenvalue weighted by molar-refractivity contribution is -0.385. The fourth-order valence-corrected chi connectivity index (χ4v) is 1.35. The molecule has 0 amide bonds. The molecule has 1 aromatic carbocycles. The second-order valence-electron chi connectivity index (χ2n) is 3.70. The smallest absolute Gasteiger partial charge is 0.269 e. The largest absolute Gasteiger partial charge is 0.387 e. The molecular formula is C11H14N2O4. The Hall–Kier alpha value is -1.79. The molecule has 92 valence electrons. The summed E-state index contributed by atoms with van der Waals surface area (Å²) in [6.45, 7) is 1.79. The highest BCUT2D eigenvalue weighted by atomic mass is 16.6. The molecule has 0 radical (unpaired) electrons. The molecular weight excluding hydrogens is 224 g/mol. The maximum absolute atomic E-state index is 10.7. The maximum atomic E-state index is 10.7. The predicted molar refractivity (Wildman–Crippen MR) is 61.6 cm³/mol. The highest BCUT2D eigenvalue weighted by Crippen LogP contribution is 2.18. The van der Waals surface area contributed by atoms with Crippen molar-refractivity contribution < 1.29 is 14.8 Å². The van der Waals surface area contributed by atoms with Crippen molar-refractivity contribution >= 4 is 11.5 Å². The van der Waals surface area contributed by atoms with E-state index in [-0.39, 0.29) is 24.6 Å². The van der Waals surface area contributed by atoms with E-state index in [1.165, 1.54) is 25.1 Å². The van der Waals surface area contributed by atoms with Gasteiger partial charge in [0.1, 0.15) is 5.78 Å². The van der Waals surface area contributed by atoms with E-state index in [1.54, 1.807) is 6.07 Å². The van der Waals surface area contributed by atoms with E-state index >= 15 is 0 Å². The molecule has 0 aliphatic rings. The minimum atomic E-state index is -0.866. The zero-order valence-corrected chi connectivity index (χ0v) is 9.42. The van der Waals surface area contributed by atoms with Crippen molar-refractivity contribution in [3.63, 3.8) is 0 Å². The third-order valence-corrected chi connectivity index (χ3v) is 2.18. The third kappa shape index (κ3) is 4.29. The van der Waals surface area contributed by atoms with Crippen molar-refractivity contribution in [3.8, 4) is 0 Å². The van der Waals surface area contributed by atoms with E-state index < -0.39 is 11.0 Å². The molecule has 1 rings (SSSR count). The van der Waals surface area contributed by atoms with E-state index in [4.69, 9.17) is 0 Å². The number of carbonyl (C=O) groups excluding carboxylic acids is 1. The molecule has 0 aliphatic carbocycles. The van der Waals surface area contributed by atoms with Gasteiger partial charge in [0.2, 0.25) is 0 Å². The Bertz CT molecular complexity index is 420.